The molecule has 0 aliphatic rings. The van der Waals surface area contributed by atoms with Gasteiger partial charge in [-0.3, -0.25) is 4.79 Å². The normalized spacial score (nSPS) is 12.4. The molecule has 4 N–H and O–H groups in total. The summed E-state index contributed by atoms with van der Waals surface area (Å²) >= 11 is 5.98. The maximum atomic E-state index is 11.6. The molecule has 0 aliphatic heterocycles. The summed E-state index contributed by atoms with van der Waals surface area (Å²) in [5.74, 6) is -0.573. The number of nitrogens with two attached hydrogens (primary N) is 1. The van der Waals surface area contributed by atoms with Crippen LogP contribution in [0.4, 0.5) is 10.5 Å². The van der Waals surface area contributed by atoms with E-state index < -0.39 is 17.6 Å². The Morgan fingerprint density at radius 1 is 1.36 bits per heavy atom. The van der Waals surface area contributed by atoms with Crippen LogP contribution in [0.2, 0.25) is 5.02 Å². The van der Waals surface area contributed by atoms with Gasteiger partial charge < -0.3 is 21.1 Å². The second kappa shape index (κ2) is 7.35. The van der Waals surface area contributed by atoms with Crippen LogP contribution in [-0.4, -0.2) is 30.2 Å². The van der Waals surface area contributed by atoms with Crippen LogP contribution in [0.5, 0.6) is 0 Å². The molecule has 0 fully saturated rings. The van der Waals surface area contributed by atoms with Gasteiger partial charge in [0.1, 0.15) is 5.60 Å². The number of benzene rings is 1. The fourth-order valence-electron chi connectivity index (χ4n) is 1.69. The molecule has 22 heavy (non-hydrogen) atoms. The second-order valence-electron chi connectivity index (χ2n) is 5.99. The molecule has 2 amide bonds. The van der Waals surface area contributed by atoms with Crippen LogP contribution >= 0.6 is 11.6 Å². The van der Waals surface area contributed by atoms with E-state index in [1.54, 1.807) is 39.0 Å². The molecule has 6 nitrogen and oxygen atoms in total. The maximum Gasteiger partial charge on any atom is 0.407 e. The van der Waals surface area contributed by atoms with Gasteiger partial charge in [-0.1, -0.05) is 11.6 Å². The van der Waals surface area contributed by atoms with Crippen molar-refractivity contribution in [1.29, 1.82) is 0 Å². The second-order valence-corrected chi connectivity index (χ2v) is 6.39. The molecule has 0 radical (unpaired) electrons. The minimum absolute atomic E-state index is 0.0528. The Hall–Kier alpha value is -1.95. The first-order valence-corrected chi connectivity index (χ1v) is 7.29. The Labute approximate surface area is 135 Å². The fourth-order valence-corrected chi connectivity index (χ4v) is 1.96. The van der Waals surface area contributed by atoms with Gasteiger partial charge in [0.05, 0.1) is 10.6 Å². The summed E-state index contributed by atoms with van der Waals surface area (Å²) in [6.45, 7) is 7.68. The fraction of sp³-hybridized carbons (Fsp3) is 0.467. The Kier molecular flexibility index (Phi) is 6.05. The molecule has 0 heterocycles. The minimum Gasteiger partial charge on any atom is -0.444 e. The van der Waals surface area contributed by atoms with Crippen molar-refractivity contribution in [2.45, 2.75) is 39.3 Å². The molecule has 1 atom stereocenters. The van der Waals surface area contributed by atoms with Crippen LogP contribution in [0, 0.1) is 0 Å². The quantitative estimate of drug-likeness (QED) is 0.775. The number of anilines is 1. The largest absolute Gasteiger partial charge is 0.444 e. The van der Waals surface area contributed by atoms with Crippen LogP contribution < -0.4 is 16.4 Å². The zero-order valence-corrected chi connectivity index (χ0v) is 14.0. The monoisotopic (exact) mass is 327 g/mol. The number of alkyl carbamates (subject to hydrolysis) is 1. The average molecular weight is 328 g/mol. The molecule has 1 aromatic rings. The van der Waals surface area contributed by atoms with Gasteiger partial charge in [0.25, 0.3) is 0 Å². The summed E-state index contributed by atoms with van der Waals surface area (Å²) in [6.07, 6.45) is -0.469. The molecule has 122 valence electrons. The van der Waals surface area contributed by atoms with Crippen molar-refractivity contribution < 1.29 is 14.3 Å². The van der Waals surface area contributed by atoms with Gasteiger partial charge in [0, 0.05) is 18.3 Å². The van der Waals surface area contributed by atoms with Crippen LogP contribution in [0.1, 0.15) is 38.1 Å². The van der Waals surface area contributed by atoms with Gasteiger partial charge in [-0.2, -0.15) is 0 Å². The third kappa shape index (κ3) is 6.22. The highest BCUT2D eigenvalue weighted by Crippen LogP contribution is 2.21. The van der Waals surface area contributed by atoms with Crippen LogP contribution in [0.3, 0.4) is 0 Å². The van der Waals surface area contributed by atoms with E-state index >= 15 is 0 Å². The van der Waals surface area contributed by atoms with E-state index in [2.05, 4.69) is 10.6 Å². The highest BCUT2D eigenvalue weighted by Gasteiger charge is 2.16. The van der Waals surface area contributed by atoms with Crippen molar-refractivity contribution in [3.63, 3.8) is 0 Å². The van der Waals surface area contributed by atoms with Crippen molar-refractivity contribution >= 4 is 29.3 Å². The molecule has 0 aliphatic carbocycles. The summed E-state index contributed by atoms with van der Waals surface area (Å²) in [4.78, 5) is 22.7. The zero-order chi connectivity index (χ0) is 16.9. The first-order valence-electron chi connectivity index (χ1n) is 6.91. The number of primary amides is 1. The molecule has 1 aromatic carbocycles. The number of nitrogens with one attached hydrogen (secondary N) is 2. The first kappa shape index (κ1) is 18.1. The van der Waals surface area contributed by atoms with Crippen molar-refractivity contribution in [2.75, 3.05) is 11.9 Å². The van der Waals surface area contributed by atoms with E-state index in [-0.39, 0.29) is 16.6 Å². The molecular weight excluding hydrogens is 306 g/mol. The van der Waals surface area contributed by atoms with E-state index in [4.69, 9.17) is 22.1 Å². The summed E-state index contributed by atoms with van der Waals surface area (Å²) in [5.41, 5.74) is 5.66. The van der Waals surface area contributed by atoms with Gasteiger partial charge in [0.2, 0.25) is 5.91 Å². The number of carbonyl (C=O) groups excluding carboxylic acids is 2. The summed E-state index contributed by atoms with van der Waals surface area (Å²) < 4.78 is 5.15. The molecular formula is C15H22ClN3O3. The van der Waals surface area contributed by atoms with Gasteiger partial charge in [-0.05, 0) is 45.9 Å². The van der Waals surface area contributed by atoms with E-state index in [0.29, 0.717) is 6.54 Å². The van der Waals surface area contributed by atoms with Crippen molar-refractivity contribution in [3.8, 4) is 0 Å². The molecule has 7 heteroatoms. The lowest BCUT2D eigenvalue weighted by Crippen LogP contribution is -2.38. The van der Waals surface area contributed by atoms with Crippen molar-refractivity contribution in [1.82, 2.24) is 5.32 Å². The summed E-state index contributed by atoms with van der Waals surface area (Å²) in [6, 6.07) is 4.82. The molecule has 0 spiro atoms. The highest BCUT2D eigenvalue weighted by molar-refractivity contribution is 6.34. The van der Waals surface area contributed by atoms with E-state index in [1.807, 2.05) is 6.92 Å². The highest BCUT2D eigenvalue weighted by atomic mass is 35.5. The van der Waals surface area contributed by atoms with E-state index in [0.717, 1.165) is 5.69 Å². The molecule has 0 saturated heterocycles. The molecule has 1 unspecified atom stereocenters. The van der Waals surface area contributed by atoms with Gasteiger partial charge >= 0.3 is 6.09 Å². The predicted molar refractivity (Wildman–Crippen MR) is 87.3 cm³/mol. The number of hydrogen-bond donors (Lipinski definition) is 3. The lowest BCUT2D eigenvalue weighted by atomic mass is 10.2. The maximum absolute atomic E-state index is 11.6. The summed E-state index contributed by atoms with van der Waals surface area (Å²) in [7, 11) is 0. The van der Waals surface area contributed by atoms with Crippen LogP contribution in [-0.2, 0) is 4.74 Å². The number of rotatable bonds is 5. The Balaban J connectivity index is 2.52. The number of hydrogen-bond acceptors (Lipinski definition) is 4. The van der Waals surface area contributed by atoms with E-state index in [1.165, 1.54) is 0 Å². The first-order chi connectivity index (χ1) is 10.1. The smallest absolute Gasteiger partial charge is 0.407 e. The van der Waals surface area contributed by atoms with Crippen molar-refractivity contribution in [2.24, 2.45) is 5.73 Å². The summed E-state index contributed by atoms with van der Waals surface area (Å²) in [5, 5.41) is 6.12. The molecule has 0 saturated carbocycles. The number of carbonyl (C=O) groups is 2. The van der Waals surface area contributed by atoms with Crippen LogP contribution in [0.15, 0.2) is 18.2 Å². The Bertz CT molecular complexity index is 555. The molecule has 0 bridgehead atoms. The standard InChI is InChI=1S/C15H22ClN3O3/c1-9(8-18-14(21)22-15(2,3)4)19-10-5-6-11(13(17)20)12(16)7-10/h5-7,9,19H,8H2,1-4H3,(H2,17,20)(H,18,21). The number of ether oxygens (including phenoxy) is 1. The lowest BCUT2D eigenvalue weighted by Gasteiger charge is -2.21. The predicted octanol–water partition coefficient (Wildman–Crippen LogP) is 2.76. The average Bonchev–Trinajstić information content (AvgIpc) is 2.34. The van der Waals surface area contributed by atoms with Crippen LogP contribution in [0.25, 0.3) is 0 Å². The molecule has 0 aromatic heterocycles. The Morgan fingerprint density at radius 3 is 2.50 bits per heavy atom. The topological polar surface area (TPSA) is 93.4 Å². The number of halogens is 1. The van der Waals surface area contributed by atoms with E-state index in [9.17, 15) is 9.59 Å². The minimum atomic E-state index is -0.573. The van der Waals surface area contributed by atoms with Gasteiger partial charge in [-0.25, -0.2) is 4.79 Å². The zero-order valence-electron chi connectivity index (χ0n) is 13.2. The number of amides is 2. The third-order valence-corrected chi connectivity index (χ3v) is 2.91. The van der Waals surface area contributed by atoms with Crippen molar-refractivity contribution in [3.05, 3.63) is 28.8 Å². The Morgan fingerprint density at radius 2 is 2.00 bits per heavy atom. The van der Waals surface area contributed by atoms with Gasteiger partial charge in [-0.15, -0.1) is 0 Å². The van der Waals surface area contributed by atoms with Gasteiger partial charge in [0.15, 0.2) is 0 Å². The SMILES string of the molecule is CC(CNC(=O)OC(C)(C)C)Nc1ccc(C(N)=O)c(Cl)c1. The molecule has 1 rings (SSSR count). The third-order valence-electron chi connectivity index (χ3n) is 2.60. The lowest BCUT2D eigenvalue weighted by molar-refractivity contribution is 0.0526.